The van der Waals surface area contributed by atoms with E-state index < -0.39 is 53.5 Å². The van der Waals surface area contributed by atoms with E-state index in [1.54, 1.807) is 0 Å². The number of nitrogens with one attached hydrogen (secondary N) is 2. The van der Waals surface area contributed by atoms with E-state index in [-0.39, 0.29) is 22.9 Å². The number of nitrogens with zero attached hydrogens (tertiary/aromatic N) is 1. The Balaban J connectivity index is 2.52. The standard InChI is InChI=1S/C14H21N3O2S/c1-15-20(18,19)10-11-4-5-14-13(8-11)12(9-16-14)6-7-17(2)3/h4-5,8-9,15-16H,6-7,10H2,1-3H3/i1D3,2D3,3D3,10D2/hD2. The first-order chi connectivity index (χ1) is 14.6. The first-order valence-electron chi connectivity index (χ1n) is 12.0. The van der Waals surface area contributed by atoms with Crippen LogP contribution in [0.1, 0.15) is 26.2 Å². The van der Waals surface area contributed by atoms with Crippen LogP contribution < -0.4 is 4.72 Å². The number of sulfonamides is 1. The summed E-state index contributed by atoms with van der Waals surface area (Å²) in [6.45, 7) is -9.79. The summed E-state index contributed by atoms with van der Waals surface area (Å²) in [5, 5.41) is 0.142. The molecular weight excluding hydrogens is 274 g/mol. The van der Waals surface area contributed by atoms with Crippen LogP contribution in [-0.4, -0.2) is 45.8 Å². The predicted octanol–water partition coefficient (Wildman–Crippen LogP) is 1.32. The van der Waals surface area contributed by atoms with Gasteiger partial charge in [0.25, 0.3) is 0 Å². The number of hydrogen-bond donors (Lipinski definition) is 2. The zero-order valence-electron chi connectivity index (χ0n) is 23.3. The van der Waals surface area contributed by atoms with Crippen molar-refractivity contribution in [2.24, 2.45) is 0 Å². The Kier molecular flexibility index (Phi) is 1.62. The van der Waals surface area contributed by atoms with Crippen LogP contribution in [0.5, 0.6) is 0 Å². The summed E-state index contributed by atoms with van der Waals surface area (Å²) >= 11 is 0. The summed E-state index contributed by atoms with van der Waals surface area (Å²) in [5.74, 6) is 0. The van der Waals surface area contributed by atoms with Crippen LogP contribution in [0.25, 0.3) is 10.9 Å². The Morgan fingerprint density at radius 2 is 2.40 bits per heavy atom. The second kappa shape index (κ2) is 5.95. The second-order valence-corrected chi connectivity index (χ2v) is 5.42. The van der Waals surface area contributed by atoms with E-state index in [1.165, 1.54) is 12.3 Å². The maximum Gasteiger partial charge on any atom is 0.215 e. The van der Waals surface area contributed by atoms with Gasteiger partial charge < -0.3 is 9.88 Å². The highest BCUT2D eigenvalue weighted by molar-refractivity contribution is 7.88. The summed E-state index contributed by atoms with van der Waals surface area (Å²) in [7, 11) is -5.33. The molecule has 0 saturated heterocycles. The molecule has 0 aliphatic carbocycles. The van der Waals surface area contributed by atoms with Gasteiger partial charge in [-0.25, -0.2) is 13.1 Å². The van der Waals surface area contributed by atoms with E-state index in [0.717, 1.165) is 17.1 Å². The molecule has 0 aliphatic rings. The van der Waals surface area contributed by atoms with Crippen molar-refractivity contribution in [2.75, 3.05) is 27.5 Å². The molecule has 5 nitrogen and oxygen atoms in total. The SMILES string of the molecule is [2H]N(C([2H])([2H])[2H])S(=O)(=O)C([2H])([2H])c1ccc2c(c1)c(CCN(C([2H])([2H])[2H])C([2H])([2H])[2H])cn2[2H]. The lowest BCUT2D eigenvalue weighted by atomic mass is 10.1. The summed E-state index contributed by atoms with van der Waals surface area (Å²) in [5.41, 5.74) is -3.42. The quantitative estimate of drug-likeness (QED) is 0.846. The minimum absolute atomic E-state index is 0.142. The normalized spacial score (nSPS) is 24.8. The number of H-pyrrole nitrogens is 1. The van der Waals surface area contributed by atoms with Gasteiger partial charge >= 0.3 is 0 Å². The second-order valence-electron chi connectivity index (χ2n) is 4.09. The van der Waals surface area contributed by atoms with Crippen LogP contribution >= 0.6 is 0 Å². The Morgan fingerprint density at radius 1 is 1.55 bits per heavy atom. The molecule has 2 aromatic rings. The van der Waals surface area contributed by atoms with Crippen molar-refractivity contribution in [1.29, 1.82) is 0 Å². The number of rotatable bonds is 6. The molecule has 20 heavy (non-hydrogen) atoms. The van der Waals surface area contributed by atoms with Crippen molar-refractivity contribution in [1.82, 2.24) is 14.6 Å². The van der Waals surface area contributed by atoms with Crippen LogP contribution in [0.15, 0.2) is 24.4 Å². The highest BCUT2D eigenvalue weighted by atomic mass is 32.2. The van der Waals surface area contributed by atoms with Gasteiger partial charge in [-0.05, 0) is 50.6 Å². The van der Waals surface area contributed by atoms with Crippen molar-refractivity contribution < 1.29 is 26.3 Å². The molecule has 0 spiro atoms. The number of aromatic amines is 1. The fraction of sp³-hybridized carbons (Fsp3) is 0.429. The highest BCUT2D eigenvalue weighted by Crippen LogP contribution is 2.21. The smallest absolute Gasteiger partial charge is 0.215 e. The van der Waals surface area contributed by atoms with Crippen LogP contribution in [-0.2, 0) is 22.1 Å². The predicted molar refractivity (Wildman–Crippen MR) is 82.2 cm³/mol. The van der Waals surface area contributed by atoms with Gasteiger partial charge in [0.05, 0.1) is 5.70 Å². The van der Waals surface area contributed by atoms with E-state index in [4.69, 9.17) is 17.9 Å². The molecule has 0 bridgehead atoms. The summed E-state index contributed by atoms with van der Waals surface area (Å²) in [4.78, 5) is 1.18. The molecule has 0 aliphatic heterocycles. The maximum absolute atomic E-state index is 12.5. The molecule has 1 heterocycles. The van der Waals surface area contributed by atoms with Crippen LogP contribution in [0.2, 0.25) is 2.82 Å². The minimum Gasteiger partial charge on any atom is -0.361 e. The van der Waals surface area contributed by atoms with Gasteiger partial charge in [-0.3, -0.25) is 0 Å². The third-order valence-corrected chi connectivity index (χ3v) is 3.41. The molecular formula is C14H21N3O2S. The van der Waals surface area contributed by atoms with Crippen LogP contribution in [0, 0.1) is 0 Å². The zero-order chi connectivity index (χ0) is 25.8. The Morgan fingerprint density at radius 3 is 3.15 bits per heavy atom. The Bertz CT molecular complexity index is 1100. The fourth-order valence-electron chi connectivity index (χ4n) is 1.79. The Labute approximate surface area is 138 Å². The van der Waals surface area contributed by atoms with Crippen molar-refractivity contribution in [2.45, 2.75) is 12.1 Å². The average molecular weight is 308 g/mol. The first kappa shape index (κ1) is 5.44. The van der Waals surface area contributed by atoms with Crippen molar-refractivity contribution in [3.8, 4) is 0 Å². The average Bonchev–Trinajstić information content (AvgIpc) is 2.93. The fourth-order valence-corrected chi connectivity index (χ4v) is 2.26. The van der Waals surface area contributed by atoms with Crippen molar-refractivity contribution in [3.05, 3.63) is 35.5 Å². The van der Waals surface area contributed by atoms with Crippen LogP contribution in [0.3, 0.4) is 0 Å². The number of fused-ring (bicyclic) bond motifs is 1. The molecule has 0 atom stereocenters. The molecule has 0 radical (unpaired) electrons. The van der Waals surface area contributed by atoms with Gasteiger partial charge in [-0.15, -0.1) is 0 Å². The topological polar surface area (TPSA) is 65.2 Å². The Hall–Kier alpha value is -1.37. The van der Waals surface area contributed by atoms with Gasteiger partial charge in [0, 0.05) is 38.7 Å². The third kappa shape index (κ3) is 3.59. The van der Waals surface area contributed by atoms with Gasteiger partial charge in [-0.2, -0.15) is 0 Å². The van der Waals surface area contributed by atoms with E-state index in [1.807, 2.05) is 0 Å². The summed E-state index contributed by atoms with van der Waals surface area (Å²) < 4.78 is 121. The van der Waals surface area contributed by atoms with E-state index in [9.17, 15) is 8.42 Å². The number of aromatic nitrogens is 1. The van der Waals surface area contributed by atoms with Crippen molar-refractivity contribution in [3.63, 3.8) is 0 Å². The third-order valence-electron chi connectivity index (χ3n) is 2.67. The largest absolute Gasteiger partial charge is 0.361 e. The summed E-state index contributed by atoms with van der Waals surface area (Å²) in [6, 6.07) is 3.29. The molecule has 0 fully saturated rings. The van der Waals surface area contributed by atoms with Gasteiger partial charge in [0.2, 0.25) is 10.0 Å². The minimum atomic E-state index is -5.33. The van der Waals surface area contributed by atoms with E-state index in [0.29, 0.717) is 4.90 Å². The number of likely N-dealkylation sites (N-methyl/N-ethyl adjacent to an activating group) is 1. The number of benzene rings is 1. The summed E-state index contributed by atoms with van der Waals surface area (Å²) in [6.07, 6.45) is 1.06. The van der Waals surface area contributed by atoms with Gasteiger partial charge in [-0.1, -0.05) is 6.07 Å². The molecule has 0 unspecified atom stereocenters. The monoisotopic (exact) mass is 308 g/mol. The van der Waals surface area contributed by atoms with E-state index >= 15 is 0 Å². The molecule has 0 saturated carbocycles. The molecule has 0 amide bonds. The molecule has 1 aromatic heterocycles. The maximum atomic E-state index is 12.5. The molecule has 110 valence electrons. The first-order valence-corrected chi connectivity index (χ1v) is 7.01. The lowest BCUT2D eigenvalue weighted by Gasteiger charge is -2.08. The number of hydrogen-bond acceptors (Lipinski definition) is 3. The van der Waals surface area contributed by atoms with E-state index in [2.05, 4.69) is 0 Å². The molecule has 1 aromatic carbocycles. The zero-order valence-corrected chi connectivity index (χ0v) is 11.1. The van der Waals surface area contributed by atoms with Crippen LogP contribution in [0.4, 0.5) is 0 Å². The highest BCUT2D eigenvalue weighted by Gasteiger charge is 2.11. The molecule has 6 heteroatoms. The van der Waals surface area contributed by atoms with Gasteiger partial charge in [0.1, 0.15) is 1.41 Å². The molecule has 2 N–H and O–H groups in total. The van der Waals surface area contributed by atoms with Crippen molar-refractivity contribution >= 4 is 20.9 Å². The lowest BCUT2D eigenvalue weighted by Crippen LogP contribution is -2.20. The van der Waals surface area contributed by atoms with Gasteiger partial charge in [0.15, 0.2) is 1.41 Å². The lowest BCUT2D eigenvalue weighted by molar-refractivity contribution is 0.414. The molecule has 2 rings (SSSR count).